The number of carbonyl (C=O) groups excluding carboxylic acids is 2. The molecule has 3 N–H and O–H groups in total. The molecule has 0 bridgehead atoms. The maximum Gasteiger partial charge on any atom is 0.260 e. The van der Waals surface area contributed by atoms with Crippen LogP contribution in [0.2, 0.25) is 10.0 Å². The summed E-state index contributed by atoms with van der Waals surface area (Å²) in [5.41, 5.74) is 5.74. The fourth-order valence-corrected chi connectivity index (χ4v) is 2.13. The van der Waals surface area contributed by atoms with Crippen LogP contribution >= 0.6 is 23.2 Å². The van der Waals surface area contributed by atoms with Gasteiger partial charge in [0.15, 0.2) is 6.61 Å². The van der Waals surface area contributed by atoms with Crippen molar-refractivity contribution in [1.82, 2.24) is 10.7 Å². The van der Waals surface area contributed by atoms with E-state index in [1.165, 1.54) is 0 Å². The summed E-state index contributed by atoms with van der Waals surface area (Å²) < 4.78 is 5.32. The zero-order valence-electron chi connectivity index (χ0n) is 13.4. The van der Waals surface area contributed by atoms with E-state index in [0.29, 0.717) is 21.5 Å². The van der Waals surface area contributed by atoms with Crippen LogP contribution < -0.4 is 20.9 Å². The van der Waals surface area contributed by atoms with Gasteiger partial charge >= 0.3 is 0 Å². The summed E-state index contributed by atoms with van der Waals surface area (Å²) in [7, 11) is 0. The first-order valence-electron chi connectivity index (χ1n) is 7.44. The van der Waals surface area contributed by atoms with Crippen LogP contribution in [0.15, 0.2) is 48.5 Å². The van der Waals surface area contributed by atoms with Gasteiger partial charge in [-0.15, -0.1) is 0 Å². The third kappa shape index (κ3) is 6.17. The Labute approximate surface area is 155 Å². The quantitative estimate of drug-likeness (QED) is 0.644. The summed E-state index contributed by atoms with van der Waals surface area (Å²) in [4.78, 5) is 23.8. The molecule has 0 saturated heterocycles. The summed E-state index contributed by atoms with van der Waals surface area (Å²) in [5.74, 6) is -0.240. The highest BCUT2D eigenvalue weighted by molar-refractivity contribution is 6.42. The zero-order valence-corrected chi connectivity index (χ0v) is 14.9. The number of amides is 2. The average Bonchev–Trinajstić information content (AvgIpc) is 2.61. The molecule has 0 saturated carbocycles. The van der Waals surface area contributed by atoms with Crippen molar-refractivity contribution in [2.45, 2.75) is 13.0 Å². The van der Waals surface area contributed by atoms with Crippen molar-refractivity contribution in [3.05, 3.63) is 58.6 Å². The Bertz CT molecular complexity index is 741. The Morgan fingerprint density at radius 1 is 1.08 bits per heavy atom. The fourth-order valence-electron chi connectivity index (χ4n) is 1.83. The number of hydrogen-bond acceptors (Lipinski definition) is 4. The Kier molecular flexibility index (Phi) is 6.91. The molecule has 0 heterocycles. The first-order chi connectivity index (χ1) is 12.0. The number of nitrogens with one attached hydrogen (secondary N) is 3. The van der Waals surface area contributed by atoms with Crippen molar-refractivity contribution in [3.8, 4) is 5.75 Å². The van der Waals surface area contributed by atoms with E-state index in [4.69, 9.17) is 27.9 Å². The monoisotopic (exact) mass is 381 g/mol. The summed E-state index contributed by atoms with van der Waals surface area (Å²) in [6.07, 6.45) is 0. The van der Waals surface area contributed by atoms with E-state index >= 15 is 0 Å². The third-order valence-corrected chi connectivity index (χ3v) is 3.87. The van der Waals surface area contributed by atoms with E-state index in [0.717, 1.165) is 0 Å². The van der Waals surface area contributed by atoms with Crippen LogP contribution in [-0.2, 0) is 9.59 Å². The Morgan fingerprint density at radius 3 is 2.48 bits per heavy atom. The Hall–Kier alpha value is -2.44. The molecule has 2 aromatic carbocycles. The lowest BCUT2D eigenvalue weighted by Gasteiger charge is -2.15. The summed E-state index contributed by atoms with van der Waals surface area (Å²) in [6, 6.07) is 13.0. The van der Waals surface area contributed by atoms with E-state index in [9.17, 15) is 9.59 Å². The molecular formula is C17H17Cl2N3O3. The van der Waals surface area contributed by atoms with Gasteiger partial charge in [0.2, 0.25) is 0 Å². The van der Waals surface area contributed by atoms with E-state index in [1.807, 2.05) is 6.07 Å². The molecule has 0 spiro atoms. The molecule has 0 fully saturated rings. The summed E-state index contributed by atoms with van der Waals surface area (Å²) >= 11 is 11.7. The van der Waals surface area contributed by atoms with Gasteiger partial charge in [-0.1, -0.05) is 41.4 Å². The van der Waals surface area contributed by atoms with Crippen LogP contribution in [0.3, 0.4) is 0 Å². The van der Waals surface area contributed by atoms with Gasteiger partial charge in [-0.25, -0.2) is 0 Å². The molecule has 6 nitrogen and oxygen atoms in total. The highest BCUT2D eigenvalue weighted by Crippen LogP contribution is 2.24. The molecule has 0 aromatic heterocycles. The average molecular weight is 382 g/mol. The van der Waals surface area contributed by atoms with Gasteiger partial charge in [-0.2, -0.15) is 0 Å². The Morgan fingerprint density at radius 2 is 1.80 bits per heavy atom. The minimum atomic E-state index is -0.748. The normalized spacial score (nSPS) is 11.3. The molecule has 0 radical (unpaired) electrons. The van der Waals surface area contributed by atoms with E-state index < -0.39 is 17.9 Å². The van der Waals surface area contributed by atoms with Crippen LogP contribution in [0.25, 0.3) is 0 Å². The molecule has 25 heavy (non-hydrogen) atoms. The number of anilines is 1. The second-order valence-corrected chi connectivity index (χ2v) is 5.95. The van der Waals surface area contributed by atoms with Gasteiger partial charge in [0.1, 0.15) is 11.8 Å². The number of para-hydroxylation sites is 1. The second kappa shape index (κ2) is 9.15. The minimum Gasteiger partial charge on any atom is -0.484 e. The number of hydrazine groups is 1. The van der Waals surface area contributed by atoms with Crippen molar-refractivity contribution in [2.24, 2.45) is 0 Å². The number of ether oxygens (including phenoxy) is 1. The number of rotatable bonds is 7. The lowest BCUT2D eigenvalue weighted by Crippen LogP contribution is -2.47. The Balaban J connectivity index is 1.75. The van der Waals surface area contributed by atoms with Crippen molar-refractivity contribution in [1.29, 1.82) is 0 Å². The van der Waals surface area contributed by atoms with Crippen LogP contribution in [0.5, 0.6) is 5.75 Å². The SMILES string of the molecule is C[C@H](NC(=O)COc1ccccc1)C(=O)NNc1ccc(Cl)c(Cl)c1. The van der Waals surface area contributed by atoms with Crippen LogP contribution in [-0.4, -0.2) is 24.5 Å². The second-order valence-electron chi connectivity index (χ2n) is 5.13. The highest BCUT2D eigenvalue weighted by atomic mass is 35.5. The van der Waals surface area contributed by atoms with Gasteiger partial charge in [0, 0.05) is 0 Å². The van der Waals surface area contributed by atoms with E-state index in [-0.39, 0.29) is 6.61 Å². The largest absolute Gasteiger partial charge is 0.484 e. The lowest BCUT2D eigenvalue weighted by atomic mass is 10.3. The predicted molar refractivity (Wildman–Crippen MR) is 97.8 cm³/mol. The smallest absolute Gasteiger partial charge is 0.260 e. The molecule has 2 aromatic rings. The molecule has 132 valence electrons. The van der Waals surface area contributed by atoms with E-state index in [1.54, 1.807) is 49.4 Å². The molecule has 0 aliphatic heterocycles. The number of benzene rings is 2. The third-order valence-electron chi connectivity index (χ3n) is 3.13. The predicted octanol–water partition coefficient (Wildman–Crippen LogP) is 3.02. The molecule has 2 amide bonds. The topological polar surface area (TPSA) is 79.5 Å². The van der Waals surface area contributed by atoms with Crippen LogP contribution in [0.4, 0.5) is 5.69 Å². The van der Waals surface area contributed by atoms with Gasteiger partial charge in [0.25, 0.3) is 11.8 Å². The van der Waals surface area contributed by atoms with Crippen molar-refractivity contribution >= 4 is 40.7 Å². The lowest BCUT2D eigenvalue weighted by molar-refractivity contribution is -0.129. The molecular weight excluding hydrogens is 365 g/mol. The van der Waals surface area contributed by atoms with Gasteiger partial charge < -0.3 is 10.1 Å². The van der Waals surface area contributed by atoms with Crippen molar-refractivity contribution in [2.75, 3.05) is 12.0 Å². The molecule has 1 atom stereocenters. The minimum absolute atomic E-state index is 0.179. The standard InChI is InChI=1S/C17H17Cl2N3O3/c1-11(20-16(23)10-25-13-5-3-2-4-6-13)17(24)22-21-12-7-8-14(18)15(19)9-12/h2-9,11,21H,10H2,1H3,(H,20,23)(H,22,24)/t11-/m0/s1. The van der Waals surface area contributed by atoms with E-state index in [2.05, 4.69) is 16.2 Å². The maximum absolute atomic E-state index is 12.0. The molecule has 0 aliphatic carbocycles. The van der Waals surface area contributed by atoms with Crippen LogP contribution in [0, 0.1) is 0 Å². The zero-order chi connectivity index (χ0) is 18.2. The van der Waals surface area contributed by atoms with Gasteiger partial charge in [0.05, 0.1) is 15.7 Å². The van der Waals surface area contributed by atoms with Gasteiger partial charge in [-0.05, 0) is 37.3 Å². The van der Waals surface area contributed by atoms with Crippen molar-refractivity contribution in [3.63, 3.8) is 0 Å². The molecule has 0 unspecified atom stereocenters. The molecule has 8 heteroatoms. The van der Waals surface area contributed by atoms with Crippen molar-refractivity contribution < 1.29 is 14.3 Å². The first kappa shape index (κ1) is 18.9. The number of carbonyl (C=O) groups is 2. The molecule has 0 aliphatic rings. The number of halogens is 2. The fraction of sp³-hybridized carbons (Fsp3) is 0.176. The van der Waals surface area contributed by atoms with Gasteiger partial charge in [-0.3, -0.25) is 20.4 Å². The summed E-state index contributed by atoms with van der Waals surface area (Å²) in [6.45, 7) is 1.38. The first-order valence-corrected chi connectivity index (χ1v) is 8.19. The van der Waals surface area contributed by atoms with Crippen LogP contribution in [0.1, 0.15) is 6.92 Å². The maximum atomic E-state index is 12.0. The number of hydrogen-bond donors (Lipinski definition) is 3. The molecule has 2 rings (SSSR count). The summed E-state index contributed by atoms with van der Waals surface area (Å²) in [5, 5.41) is 3.32. The highest BCUT2D eigenvalue weighted by Gasteiger charge is 2.15.